The Balaban J connectivity index is 1.65. The van der Waals surface area contributed by atoms with Gasteiger partial charge in [0.05, 0.1) is 6.54 Å². The molecule has 1 saturated heterocycles. The van der Waals surface area contributed by atoms with E-state index in [1.807, 2.05) is 0 Å². The van der Waals surface area contributed by atoms with Gasteiger partial charge in [0.25, 0.3) is 0 Å². The Bertz CT molecular complexity index is 461. The minimum Gasteiger partial charge on any atom is -0.489 e. The molecule has 1 amide bonds. The molecule has 1 atom stereocenters. The average molecular weight is 294 g/mol. The van der Waals surface area contributed by atoms with E-state index < -0.39 is 0 Å². The number of para-hydroxylation sites is 1. The SMILES string of the molecule is CN(CCOc1ccccc1F)C(=O)CCC1CCNC1. The van der Waals surface area contributed by atoms with E-state index in [4.69, 9.17) is 4.74 Å². The Labute approximate surface area is 125 Å². The summed E-state index contributed by atoms with van der Waals surface area (Å²) in [6.45, 7) is 2.85. The quantitative estimate of drug-likeness (QED) is 0.837. The largest absolute Gasteiger partial charge is 0.489 e. The van der Waals surface area contributed by atoms with Crippen molar-refractivity contribution < 1.29 is 13.9 Å². The second-order valence-electron chi connectivity index (χ2n) is 5.49. The van der Waals surface area contributed by atoms with Crippen LogP contribution in [0.1, 0.15) is 19.3 Å². The molecule has 0 aliphatic carbocycles. The predicted octanol–water partition coefficient (Wildman–Crippen LogP) is 2.05. The van der Waals surface area contributed by atoms with E-state index in [1.165, 1.54) is 6.07 Å². The van der Waals surface area contributed by atoms with Crippen LogP contribution in [-0.2, 0) is 4.79 Å². The summed E-state index contributed by atoms with van der Waals surface area (Å²) in [6, 6.07) is 6.29. The van der Waals surface area contributed by atoms with Crippen LogP contribution in [0.15, 0.2) is 24.3 Å². The summed E-state index contributed by atoms with van der Waals surface area (Å²) in [5.74, 6) is 0.603. The van der Waals surface area contributed by atoms with Crippen molar-refractivity contribution in [3.8, 4) is 5.75 Å². The summed E-state index contributed by atoms with van der Waals surface area (Å²) in [7, 11) is 1.76. The Hall–Kier alpha value is -1.62. The van der Waals surface area contributed by atoms with Gasteiger partial charge in [-0.3, -0.25) is 4.79 Å². The topological polar surface area (TPSA) is 41.6 Å². The number of carbonyl (C=O) groups excluding carboxylic acids is 1. The van der Waals surface area contributed by atoms with Crippen molar-refractivity contribution >= 4 is 5.91 Å². The summed E-state index contributed by atoms with van der Waals surface area (Å²) < 4.78 is 18.7. The molecule has 0 saturated carbocycles. The smallest absolute Gasteiger partial charge is 0.222 e. The third-order valence-electron chi connectivity index (χ3n) is 3.88. The molecule has 4 nitrogen and oxygen atoms in total. The minimum absolute atomic E-state index is 0.124. The van der Waals surface area contributed by atoms with Crippen molar-refractivity contribution in [3.05, 3.63) is 30.1 Å². The second kappa shape index (κ2) is 7.98. The summed E-state index contributed by atoms with van der Waals surface area (Å²) in [6.07, 6.45) is 2.67. The molecule has 116 valence electrons. The molecule has 2 rings (SSSR count). The summed E-state index contributed by atoms with van der Waals surface area (Å²) >= 11 is 0. The number of benzene rings is 1. The third-order valence-corrected chi connectivity index (χ3v) is 3.88. The number of carbonyl (C=O) groups is 1. The second-order valence-corrected chi connectivity index (χ2v) is 5.49. The number of halogens is 1. The van der Waals surface area contributed by atoms with Gasteiger partial charge in [0.15, 0.2) is 11.6 Å². The first-order valence-corrected chi connectivity index (χ1v) is 7.49. The minimum atomic E-state index is -0.375. The number of hydrogen-bond acceptors (Lipinski definition) is 3. The number of amides is 1. The van der Waals surface area contributed by atoms with Crippen LogP contribution < -0.4 is 10.1 Å². The molecule has 1 aromatic rings. The van der Waals surface area contributed by atoms with Gasteiger partial charge in [0.1, 0.15) is 6.61 Å². The summed E-state index contributed by atoms with van der Waals surface area (Å²) in [5, 5.41) is 3.30. The van der Waals surface area contributed by atoms with E-state index in [0.717, 1.165) is 25.9 Å². The van der Waals surface area contributed by atoms with Crippen LogP contribution in [0.25, 0.3) is 0 Å². The molecule has 0 aromatic heterocycles. The molecule has 0 spiro atoms. The van der Waals surface area contributed by atoms with Gasteiger partial charge >= 0.3 is 0 Å². The van der Waals surface area contributed by atoms with E-state index in [1.54, 1.807) is 30.1 Å². The van der Waals surface area contributed by atoms with Crippen LogP contribution in [-0.4, -0.2) is 44.1 Å². The zero-order valence-corrected chi connectivity index (χ0v) is 12.5. The number of hydrogen-bond donors (Lipinski definition) is 1. The molecule has 1 N–H and O–H groups in total. The van der Waals surface area contributed by atoms with Crippen molar-refractivity contribution in [2.75, 3.05) is 33.3 Å². The van der Waals surface area contributed by atoms with Gasteiger partial charge < -0.3 is 15.0 Å². The predicted molar refractivity (Wildman–Crippen MR) is 79.7 cm³/mol. The van der Waals surface area contributed by atoms with Crippen LogP contribution in [0, 0.1) is 11.7 Å². The number of likely N-dealkylation sites (N-methyl/N-ethyl adjacent to an activating group) is 1. The molecule has 0 bridgehead atoms. The first-order chi connectivity index (χ1) is 10.2. The Morgan fingerprint density at radius 1 is 1.48 bits per heavy atom. The standard InChI is InChI=1S/C16H23FN2O2/c1-19(16(20)7-6-13-8-9-18-12-13)10-11-21-15-5-3-2-4-14(15)17/h2-5,13,18H,6-12H2,1H3. The molecule has 1 aliphatic rings. The molecule has 1 heterocycles. The van der Waals surface area contributed by atoms with E-state index >= 15 is 0 Å². The first-order valence-electron chi connectivity index (χ1n) is 7.49. The molecule has 5 heteroatoms. The van der Waals surface area contributed by atoms with Gasteiger partial charge in [0, 0.05) is 13.5 Å². The fraction of sp³-hybridized carbons (Fsp3) is 0.562. The van der Waals surface area contributed by atoms with Crippen LogP contribution >= 0.6 is 0 Å². The Kier molecular flexibility index (Phi) is 5.99. The Morgan fingerprint density at radius 2 is 2.29 bits per heavy atom. The van der Waals surface area contributed by atoms with Crippen molar-refractivity contribution in [1.29, 1.82) is 0 Å². The summed E-state index contributed by atoms with van der Waals surface area (Å²) in [5.41, 5.74) is 0. The molecule has 1 aromatic carbocycles. The van der Waals surface area contributed by atoms with Crippen LogP contribution in [0.4, 0.5) is 4.39 Å². The zero-order valence-electron chi connectivity index (χ0n) is 12.5. The molecule has 0 radical (unpaired) electrons. The normalized spacial score (nSPS) is 17.7. The lowest BCUT2D eigenvalue weighted by molar-refractivity contribution is -0.130. The van der Waals surface area contributed by atoms with Crippen molar-refractivity contribution in [2.24, 2.45) is 5.92 Å². The molecule has 1 aliphatic heterocycles. The fourth-order valence-electron chi connectivity index (χ4n) is 2.46. The van der Waals surface area contributed by atoms with Gasteiger partial charge in [-0.2, -0.15) is 0 Å². The van der Waals surface area contributed by atoms with Gasteiger partial charge in [-0.25, -0.2) is 4.39 Å². The van der Waals surface area contributed by atoms with Crippen LogP contribution in [0.5, 0.6) is 5.75 Å². The van der Waals surface area contributed by atoms with E-state index in [2.05, 4.69) is 5.32 Å². The fourth-order valence-corrected chi connectivity index (χ4v) is 2.46. The third kappa shape index (κ3) is 5.01. The number of ether oxygens (including phenoxy) is 1. The monoisotopic (exact) mass is 294 g/mol. The highest BCUT2D eigenvalue weighted by Gasteiger charge is 2.17. The van der Waals surface area contributed by atoms with E-state index in [-0.39, 0.29) is 17.5 Å². The molecular formula is C16H23FN2O2. The van der Waals surface area contributed by atoms with Gasteiger partial charge in [-0.1, -0.05) is 12.1 Å². The highest BCUT2D eigenvalue weighted by Crippen LogP contribution is 2.16. The average Bonchev–Trinajstić information content (AvgIpc) is 3.00. The van der Waals surface area contributed by atoms with Gasteiger partial charge in [-0.15, -0.1) is 0 Å². The highest BCUT2D eigenvalue weighted by atomic mass is 19.1. The molecule has 1 fully saturated rings. The van der Waals surface area contributed by atoms with Crippen molar-refractivity contribution in [3.63, 3.8) is 0 Å². The van der Waals surface area contributed by atoms with Crippen molar-refractivity contribution in [1.82, 2.24) is 10.2 Å². The number of nitrogens with one attached hydrogen (secondary N) is 1. The van der Waals surface area contributed by atoms with Crippen LogP contribution in [0.3, 0.4) is 0 Å². The number of rotatable bonds is 7. The highest BCUT2D eigenvalue weighted by molar-refractivity contribution is 5.75. The first kappa shape index (κ1) is 15.8. The maximum Gasteiger partial charge on any atom is 0.222 e. The molecule has 21 heavy (non-hydrogen) atoms. The van der Waals surface area contributed by atoms with Gasteiger partial charge in [-0.05, 0) is 44.0 Å². The lowest BCUT2D eigenvalue weighted by atomic mass is 10.0. The molecular weight excluding hydrogens is 271 g/mol. The zero-order chi connectivity index (χ0) is 15.1. The Morgan fingerprint density at radius 3 is 3.00 bits per heavy atom. The van der Waals surface area contributed by atoms with Crippen molar-refractivity contribution in [2.45, 2.75) is 19.3 Å². The van der Waals surface area contributed by atoms with E-state index in [0.29, 0.717) is 25.5 Å². The maximum absolute atomic E-state index is 13.4. The maximum atomic E-state index is 13.4. The number of nitrogens with zero attached hydrogens (tertiary/aromatic N) is 1. The van der Waals surface area contributed by atoms with Crippen LogP contribution in [0.2, 0.25) is 0 Å². The van der Waals surface area contributed by atoms with Gasteiger partial charge in [0.2, 0.25) is 5.91 Å². The lowest BCUT2D eigenvalue weighted by Gasteiger charge is -2.18. The molecule has 1 unspecified atom stereocenters. The van der Waals surface area contributed by atoms with E-state index in [9.17, 15) is 9.18 Å². The lowest BCUT2D eigenvalue weighted by Crippen LogP contribution is -2.31. The summed E-state index contributed by atoms with van der Waals surface area (Å²) in [4.78, 5) is 13.6.